The predicted molar refractivity (Wildman–Crippen MR) is 41.9 cm³/mol. The van der Waals surface area contributed by atoms with E-state index in [2.05, 4.69) is 0 Å². The van der Waals surface area contributed by atoms with Crippen molar-refractivity contribution in [3.05, 3.63) is 37.8 Å². The van der Waals surface area contributed by atoms with Crippen LogP contribution in [-0.2, 0) is 11.1 Å². The predicted octanol–water partition coefficient (Wildman–Crippen LogP) is -1.28. The average molecular weight is 180 g/mol. The topological polar surface area (TPSA) is 37.3 Å². The summed E-state index contributed by atoms with van der Waals surface area (Å²) in [6.45, 7) is 0. The molecule has 0 aliphatic heterocycles. The van der Waals surface area contributed by atoms with Crippen LogP contribution in [0, 0.1) is 7.43 Å². The Bertz CT molecular complexity index is 213. The van der Waals surface area contributed by atoms with Gasteiger partial charge in [-0.3, -0.25) is 0 Å². The molecule has 0 spiro atoms. The summed E-state index contributed by atoms with van der Waals surface area (Å²) in [4.78, 5) is 0.442. The van der Waals surface area contributed by atoms with Crippen molar-refractivity contribution in [2.75, 3.05) is 0 Å². The fraction of sp³-hybridized carbons (Fsp3) is 0. The third-order valence-corrected chi connectivity index (χ3v) is 1.62. The number of rotatable bonds is 1. The Labute approximate surface area is 91.6 Å². The summed E-state index contributed by atoms with van der Waals surface area (Å²) in [6, 6.07) is 8.47. The molecule has 1 aromatic carbocycles. The molecule has 0 bridgehead atoms. The molecule has 11 heavy (non-hydrogen) atoms. The van der Waals surface area contributed by atoms with Crippen molar-refractivity contribution < 1.29 is 38.3 Å². The minimum absolute atomic E-state index is 0. The largest absolute Gasteiger partial charge is 1.00 e. The van der Waals surface area contributed by atoms with Gasteiger partial charge in [-0.25, -0.2) is 4.21 Å². The van der Waals surface area contributed by atoms with E-state index in [1.165, 1.54) is 0 Å². The molecule has 0 fully saturated rings. The van der Waals surface area contributed by atoms with E-state index in [0.717, 1.165) is 0 Å². The van der Waals surface area contributed by atoms with Crippen LogP contribution in [0.25, 0.3) is 0 Å². The molecule has 0 aromatic heterocycles. The van der Waals surface area contributed by atoms with Gasteiger partial charge < -0.3 is 12.0 Å². The Morgan fingerprint density at radius 3 is 1.91 bits per heavy atom. The van der Waals surface area contributed by atoms with Crippen LogP contribution in [0.4, 0.5) is 0 Å². The summed E-state index contributed by atoms with van der Waals surface area (Å²) in [6.07, 6.45) is 0. The van der Waals surface area contributed by atoms with Crippen molar-refractivity contribution in [1.29, 1.82) is 0 Å². The fourth-order valence-corrected chi connectivity index (χ4v) is 0.927. The van der Waals surface area contributed by atoms with E-state index in [0.29, 0.717) is 4.90 Å². The van der Waals surface area contributed by atoms with E-state index in [1.54, 1.807) is 30.3 Å². The Hall–Kier alpha value is 0.330. The quantitative estimate of drug-likeness (QED) is 0.332. The van der Waals surface area contributed by atoms with Gasteiger partial charge in [0.2, 0.25) is 0 Å². The molecule has 1 atom stereocenters. The van der Waals surface area contributed by atoms with E-state index in [1.807, 2.05) is 0 Å². The van der Waals surface area contributed by atoms with Crippen molar-refractivity contribution in [2.24, 2.45) is 0 Å². The Morgan fingerprint density at radius 2 is 1.64 bits per heavy atom. The molecule has 1 aromatic rings. The maximum atomic E-state index is 10.3. The molecule has 0 radical (unpaired) electrons. The fourth-order valence-electron chi connectivity index (χ4n) is 0.537. The second kappa shape index (κ2) is 7.00. The van der Waals surface area contributed by atoms with Gasteiger partial charge in [0.1, 0.15) is 0 Å². The number of hydrogen-bond donors (Lipinski definition) is 1. The van der Waals surface area contributed by atoms with E-state index >= 15 is 0 Å². The molecule has 0 aliphatic carbocycles. The van der Waals surface area contributed by atoms with Crippen LogP contribution in [0.1, 0.15) is 0 Å². The summed E-state index contributed by atoms with van der Waals surface area (Å²) < 4.78 is 18.8. The summed E-state index contributed by atoms with van der Waals surface area (Å²) in [5.74, 6) is 0. The molecule has 1 rings (SSSR count). The zero-order chi connectivity index (χ0) is 6.69. The first-order valence-electron chi connectivity index (χ1n) is 2.46. The minimum Gasteiger partial charge on any atom is -0.358 e. The van der Waals surface area contributed by atoms with Crippen LogP contribution >= 0.6 is 0 Å². The smallest absolute Gasteiger partial charge is 0.358 e. The van der Waals surface area contributed by atoms with Gasteiger partial charge in [0.25, 0.3) is 0 Å². The second-order valence-electron chi connectivity index (χ2n) is 1.56. The molecule has 4 heteroatoms. The van der Waals surface area contributed by atoms with Crippen LogP contribution in [0.15, 0.2) is 35.2 Å². The maximum absolute atomic E-state index is 10.3. The SMILES string of the molecule is O=S(O)c1ccccc1.[CH3-].[Na+]. The normalized spacial score (nSPS) is 10.6. The first kappa shape index (κ1) is 13.9. The number of hydrogen-bond acceptors (Lipinski definition) is 1. The zero-order valence-electron chi connectivity index (χ0n) is 6.65. The molecular formula is C7H9NaO2S. The van der Waals surface area contributed by atoms with E-state index in [-0.39, 0.29) is 37.0 Å². The van der Waals surface area contributed by atoms with Crippen LogP contribution < -0.4 is 29.6 Å². The Morgan fingerprint density at radius 1 is 1.18 bits per heavy atom. The van der Waals surface area contributed by atoms with Crippen LogP contribution in [0.5, 0.6) is 0 Å². The van der Waals surface area contributed by atoms with Crippen molar-refractivity contribution in [3.63, 3.8) is 0 Å². The van der Waals surface area contributed by atoms with E-state index < -0.39 is 11.1 Å². The van der Waals surface area contributed by atoms with Crippen molar-refractivity contribution in [3.8, 4) is 0 Å². The molecule has 56 valence electrons. The van der Waals surface area contributed by atoms with Crippen molar-refractivity contribution >= 4 is 11.1 Å². The summed E-state index contributed by atoms with van der Waals surface area (Å²) in [5, 5.41) is 0. The van der Waals surface area contributed by atoms with Gasteiger partial charge in [-0.15, -0.1) is 0 Å². The number of benzene rings is 1. The van der Waals surface area contributed by atoms with Gasteiger partial charge in [0.15, 0.2) is 11.1 Å². The molecule has 0 heterocycles. The Kier molecular flexibility index (Phi) is 8.84. The summed E-state index contributed by atoms with van der Waals surface area (Å²) in [5.41, 5.74) is 0. The van der Waals surface area contributed by atoms with Gasteiger partial charge in [-0.1, -0.05) is 18.2 Å². The van der Waals surface area contributed by atoms with Gasteiger partial charge >= 0.3 is 29.6 Å². The van der Waals surface area contributed by atoms with Crippen LogP contribution in [0.2, 0.25) is 0 Å². The molecule has 0 amide bonds. The van der Waals surface area contributed by atoms with Gasteiger partial charge in [-0.2, -0.15) is 0 Å². The molecular weight excluding hydrogens is 171 g/mol. The molecule has 2 nitrogen and oxygen atoms in total. The maximum Gasteiger partial charge on any atom is 1.00 e. The first-order chi connectivity index (χ1) is 4.30. The second-order valence-corrected chi connectivity index (χ2v) is 2.53. The van der Waals surface area contributed by atoms with Gasteiger partial charge in [0, 0.05) is 0 Å². The van der Waals surface area contributed by atoms with Gasteiger partial charge in [0.05, 0.1) is 4.90 Å². The van der Waals surface area contributed by atoms with Crippen molar-refractivity contribution in [1.82, 2.24) is 0 Å². The summed E-state index contributed by atoms with van der Waals surface area (Å²) in [7, 11) is 0. The van der Waals surface area contributed by atoms with E-state index in [9.17, 15) is 4.21 Å². The molecule has 1 unspecified atom stereocenters. The Balaban J connectivity index is 0. The van der Waals surface area contributed by atoms with Crippen LogP contribution in [-0.4, -0.2) is 8.76 Å². The molecule has 0 saturated heterocycles. The molecule has 0 saturated carbocycles. The van der Waals surface area contributed by atoms with Crippen LogP contribution in [0.3, 0.4) is 0 Å². The third-order valence-electron chi connectivity index (χ3n) is 0.945. The summed E-state index contributed by atoms with van der Waals surface area (Å²) >= 11 is -1.83. The standard InChI is InChI=1S/C6H6O2S.CH3.Na/c7-9(8)6-4-2-1-3-5-6;;/h1-5H,(H,7,8);1H3;/q;-1;+1. The van der Waals surface area contributed by atoms with Gasteiger partial charge in [-0.05, 0) is 12.1 Å². The minimum atomic E-state index is -1.83. The third kappa shape index (κ3) is 4.71. The monoisotopic (exact) mass is 180 g/mol. The van der Waals surface area contributed by atoms with E-state index in [4.69, 9.17) is 4.55 Å². The van der Waals surface area contributed by atoms with Crippen molar-refractivity contribution in [2.45, 2.75) is 4.90 Å². The molecule has 0 aliphatic rings. The molecule has 1 N–H and O–H groups in total. The average Bonchev–Trinajstić information content (AvgIpc) is 1.90. The zero-order valence-corrected chi connectivity index (χ0v) is 9.47. The first-order valence-corrected chi connectivity index (χ1v) is 3.57.